The van der Waals surface area contributed by atoms with Crippen LogP contribution in [0.3, 0.4) is 0 Å². The molecule has 1 aliphatic heterocycles. The zero-order chi connectivity index (χ0) is 23.8. The monoisotopic (exact) mass is 468 g/mol. The molecule has 0 saturated heterocycles. The van der Waals surface area contributed by atoms with Gasteiger partial charge < -0.3 is 14.0 Å². The van der Waals surface area contributed by atoms with Gasteiger partial charge in [-0.05, 0) is 51.1 Å². The number of ether oxygens (including phenoxy) is 2. The molecule has 0 spiro atoms. The molecule has 3 aromatic rings. The van der Waals surface area contributed by atoms with E-state index in [1.807, 2.05) is 13.8 Å². The van der Waals surface area contributed by atoms with Crippen molar-refractivity contribution in [2.75, 3.05) is 11.9 Å². The van der Waals surface area contributed by atoms with Gasteiger partial charge in [-0.3, -0.25) is 14.9 Å². The maximum absolute atomic E-state index is 12.9. The molecule has 8 nitrogen and oxygen atoms in total. The van der Waals surface area contributed by atoms with Crippen LogP contribution >= 0.6 is 11.6 Å². The van der Waals surface area contributed by atoms with E-state index in [-0.39, 0.29) is 41.5 Å². The summed E-state index contributed by atoms with van der Waals surface area (Å²) in [6.45, 7) is 5.45. The number of benzene rings is 2. The van der Waals surface area contributed by atoms with E-state index < -0.39 is 17.5 Å². The first-order chi connectivity index (χ1) is 15.7. The third-order valence-corrected chi connectivity index (χ3v) is 5.28. The molecule has 2 heterocycles. The second-order valence-electron chi connectivity index (χ2n) is 8.09. The van der Waals surface area contributed by atoms with Gasteiger partial charge >= 0.3 is 5.97 Å². The molecule has 0 aliphatic carbocycles. The number of esters is 1. The van der Waals surface area contributed by atoms with Crippen LogP contribution in [-0.2, 0) is 4.74 Å². The van der Waals surface area contributed by atoms with Crippen LogP contribution in [-0.4, -0.2) is 35.0 Å². The van der Waals surface area contributed by atoms with Crippen molar-refractivity contribution < 1.29 is 28.4 Å². The minimum atomic E-state index is -0.699. The molecular formula is C24H21ClN2O6. The van der Waals surface area contributed by atoms with Crippen LogP contribution in [0.15, 0.2) is 47.0 Å². The summed E-state index contributed by atoms with van der Waals surface area (Å²) in [7, 11) is 0. The number of hydrogen-bond acceptors (Lipinski definition) is 7. The van der Waals surface area contributed by atoms with E-state index >= 15 is 0 Å². The Morgan fingerprint density at radius 2 is 1.91 bits per heavy atom. The number of amides is 1. The maximum Gasteiger partial charge on any atom is 0.346 e. The number of nitrogens with zero attached hydrogens (tertiary/aromatic N) is 1. The number of halogens is 1. The van der Waals surface area contributed by atoms with E-state index in [0.717, 1.165) is 0 Å². The first-order valence-corrected chi connectivity index (χ1v) is 10.7. The highest BCUT2D eigenvalue weighted by Crippen LogP contribution is 2.34. The number of anilines is 1. The molecule has 1 N–H and O–H groups in total. The molecule has 2 aromatic carbocycles. The van der Waals surface area contributed by atoms with Crippen molar-refractivity contribution in [1.29, 1.82) is 0 Å². The number of hydrogen-bond donors (Lipinski definition) is 1. The quantitative estimate of drug-likeness (QED) is 0.514. The topological polar surface area (TPSA) is 108 Å². The van der Waals surface area contributed by atoms with E-state index in [1.54, 1.807) is 37.3 Å². The number of ketones is 1. The van der Waals surface area contributed by atoms with Crippen LogP contribution < -0.4 is 10.1 Å². The fraction of sp³-hybridized carbons (Fsp3) is 0.250. The van der Waals surface area contributed by atoms with Crippen molar-refractivity contribution in [3.8, 4) is 17.0 Å². The molecular weight excluding hydrogens is 448 g/mol. The Balaban J connectivity index is 1.66. The fourth-order valence-corrected chi connectivity index (χ4v) is 3.67. The lowest BCUT2D eigenvalue weighted by molar-refractivity contribution is 0.0526. The van der Waals surface area contributed by atoms with E-state index in [1.165, 1.54) is 12.1 Å². The lowest BCUT2D eigenvalue weighted by Crippen LogP contribution is -2.36. The van der Waals surface area contributed by atoms with Crippen LogP contribution in [0.5, 0.6) is 5.75 Å². The first-order valence-electron chi connectivity index (χ1n) is 10.3. The van der Waals surface area contributed by atoms with E-state index in [4.69, 9.17) is 25.6 Å². The van der Waals surface area contributed by atoms with Gasteiger partial charge in [0, 0.05) is 16.1 Å². The van der Waals surface area contributed by atoms with Crippen molar-refractivity contribution in [2.45, 2.75) is 32.8 Å². The Morgan fingerprint density at radius 3 is 2.61 bits per heavy atom. The number of fused-ring (bicyclic) bond motifs is 1. The maximum atomic E-state index is 12.9. The smallest absolute Gasteiger partial charge is 0.346 e. The Morgan fingerprint density at radius 1 is 1.18 bits per heavy atom. The van der Waals surface area contributed by atoms with Crippen molar-refractivity contribution in [3.63, 3.8) is 0 Å². The molecule has 9 heteroatoms. The minimum absolute atomic E-state index is 0.0216. The third kappa shape index (κ3) is 4.61. The van der Waals surface area contributed by atoms with Gasteiger partial charge in [-0.2, -0.15) is 0 Å². The van der Waals surface area contributed by atoms with Crippen LogP contribution in [0.4, 0.5) is 5.88 Å². The molecule has 0 saturated carbocycles. The van der Waals surface area contributed by atoms with Crippen molar-refractivity contribution in [1.82, 2.24) is 5.16 Å². The summed E-state index contributed by atoms with van der Waals surface area (Å²) in [5.41, 5.74) is 0.658. The standard InChI is InChI=1S/C24H21ClN2O6/c1-4-31-23(30)19-20(13-5-8-15(25)9-6-13)27-33-22(19)26-21(29)14-7-10-18-16(11-14)17(28)12-24(2,3)32-18/h5-11H,4,12H2,1-3H3,(H,26,29). The fourth-order valence-electron chi connectivity index (χ4n) is 3.54. The second kappa shape index (κ2) is 8.71. The summed E-state index contributed by atoms with van der Waals surface area (Å²) in [5.74, 6) is -1.14. The van der Waals surface area contributed by atoms with Crippen LogP contribution in [0.1, 0.15) is 58.3 Å². The van der Waals surface area contributed by atoms with Gasteiger partial charge in [-0.1, -0.05) is 28.9 Å². The lowest BCUT2D eigenvalue weighted by atomic mass is 9.92. The molecule has 0 atom stereocenters. The number of carbonyl (C=O) groups is 3. The predicted octanol–water partition coefficient (Wildman–Crippen LogP) is 5.17. The molecule has 33 heavy (non-hydrogen) atoms. The summed E-state index contributed by atoms with van der Waals surface area (Å²) in [6.07, 6.45) is 0.199. The van der Waals surface area contributed by atoms with Gasteiger partial charge in [0.05, 0.1) is 18.6 Å². The van der Waals surface area contributed by atoms with Gasteiger partial charge in [-0.25, -0.2) is 4.79 Å². The summed E-state index contributed by atoms with van der Waals surface area (Å²) >= 11 is 5.94. The summed E-state index contributed by atoms with van der Waals surface area (Å²) in [5, 5.41) is 7.03. The van der Waals surface area contributed by atoms with Gasteiger partial charge in [0.15, 0.2) is 11.3 Å². The van der Waals surface area contributed by atoms with Gasteiger partial charge in [-0.15, -0.1) is 0 Å². The predicted molar refractivity (Wildman–Crippen MR) is 121 cm³/mol. The molecule has 0 radical (unpaired) electrons. The van der Waals surface area contributed by atoms with E-state index in [2.05, 4.69) is 10.5 Å². The highest BCUT2D eigenvalue weighted by Gasteiger charge is 2.33. The highest BCUT2D eigenvalue weighted by molar-refractivity contribution is 6.30. The summed E-state index contributed by atoms with van der Waals surface area (Å²) < 4.78 is 16.3. The number of aromatic nitrogens is 1. The van der Waals surface area contributed by atoms with Crippen molar-refractivity contribution >= 4 is 35.1 Å². The largest absolute Gasteiger partial charge is 0.487 e. The van der Waals surface area contributed by atoms with Crippen LogP contribution in [0.2, 0.25) is 5.02 Å². The zero-order valence-electron chi connectivity index (χ0n) is 18.2. The number of rotatable bonds is 5. The summed E-state index contributed by atoms with van der Waals surface area (Å²) in [6, 6.07) is 11.2. The highest BCUT2D eigenvalue weighted by atomic mass is 35.5. The Hall–Kier alpha value is -3.65. The molecule has 0 unspecified atom stereocenters. The molecule has 1 amide bonds. The average Bonchev–Trinajstić information content (AvgIpc) is 3.17. The molecule has 1 aromatic heterocycles. The Bertz CT molecular complexity index is 1250. The zero-order valence-corrected chi connectivity index (χ0v) is 19.0. The number of carbonyl (C=O) groups excluding carboxylic acids is 3. The lowest BCUT2D eigenvalue weighted by Gasteiger charge is -2.31. The molecule has 0 fully saturated rings. The van der Waals surface area contributed by atoms with Crippen molar-refractivity contribution in [3.05, 3.63) is 64.2 Å². The van der Waals surface area contributed by atoms with Crippen molar-refractivity contribution in [2.24, 2.45) is 0 Å². The van der Waals surface area contributed by atoms with E-state index in [9.17, 15) is 14.4 Å². The Kier molecular flexibility index (Phi) is 5.95. The molecule has 1 aliphatic rings. The van der Waals surface area contributed by atoms with Gasteiger partial charge in [0.1, 0.15) is 17.0 Å². The van der Waals surface area contributed by atoms with E-state index in [0.29, 0.717) is 21.9 Å². The number of Topliss-reactive ketones (excluding diaryl/α,β-unsaturated/α-hetero) is 1. The second-order valence-corrected chi connectivity index (χ2v) is 8.53. The number of nitrogens with one attached hydrogen (secondary N) is 1. The normalized spacial score (nSPS) is 14.2. The SMILES string of the molecule is CCOC(=O)c1c(-c2ccc(Cl)cc2)noc1NC(=O)c1ccc2c(c1)C(=O)CC(C)(C)O2. The Labute approximate surface area is 194 Å². The molecule has 4 rings (SSSR count). The molecule has 170 valence electrons. The third-order valence-electron chi connectivity index (χ3n) is 5.03. The minimum Gasteiger partial charge on any atom is -0.487 e. The first kappa shape index (κ1) is 22.5. The van der Waals surface area contributed by atoms with Crippen LogP contribution in [0.25, 0.3) is 11.3 Å². The summed E-state index contributed by atoms with van der Waals surface area (Å²) in [4.78, 5) is 38.1. The van der Waals surface area contributed by atoms with Gasteiger partial charge in [0.25, 0.3) is 5.91 Å². The molecule has 0 bridgehead atoms. The van der Waals surface area contributed by atoms with Crippen LogP contribution in [0, 0.1) is 0 Å². The average molecular weight is 469 g/mol. The van der Waals surface area contributed by atoms with Gasteiger partial charge in [0.2, 0.25) is 5.88 Å².